The maximum Gasteiger partial charge on any atom is 0.279 e. The van der Waals surface area contributed by atoms with Crippen LogP contribution in [0.1, 0.15) is 4.88 Å². The van der Waals surface area contributed by atoms with Gasteiger partial charge in [-0.1, -0.05) is 27.3 Å². The number of amides is 1. The highest BCUT2D eigenvalue weighted by molar-refractivity contribution is 9.10. The third-order valence-corrected chi connectivity index (χ3v) is 4.88. The van der Waals surface area contributed by atoms with E-state index in [0.717, 1.165) is 10.2 Å². The van der Waals surface area contributed by atoms with E-state index in [1.54, 1.807) is 24.5 Å². The third-order valence-electron chi connectivity index (χ3n) is 3.41. The smallest absolute Gasteiger partial charge is 0.279 e. The first-order valence-electron chi connectivity index (χ1n) is 6.92. The number of hydrogen-bond acceptors (Lipinski definition) is 6. The summed E-state index contributed by atoms with van der Waals surface area (Å²) in [6, 6.07) is 9.02. The van der Waals surface area contributed by atoms with E-state index in [9.17, 15) is 9.90 Å². The standard InChI is InChI=1S/C16H9BrN4O2S/c17-8-3-4-11-10(6-8)12(14(22)20-11)13-15(23)21-16(24-13)19-9-2-1-5-18-7-9/h1-7,23H,(H,19,21). The molecule has 6 nitrogen and oxygen atoms in total. The van der Waals surface area contributed by atoms with E-state index in [0.29, 0.717) is 26.2 Å². The molecule has 0 fully saturated rings. The number of aromatic nitrogens is 2. The van der Waals surface area contributed by atoms with Crippen LogP contribution in [0.4, 0.5) is 10.8 Å². The van der Waals surface area contributed by atoms with Crippen LogP contribution in [0, 0.1) is 0 Å². The predicted octanol–water partition coefficient (Wildman–Crippen LogP) is 2.11. The average molecular weight is 401 g/mol. The summed E-state index contributed by atoms with van der Waals surface area (Å²) in [7, 11) is 0. The zero-order valence-electron chi connectivity index (χ0n) is 12.0. The Morgan fingerprint density at radius 3 is 2.92 bits per heavy atom. The molecule has 0 saturated heterocycles. The maximum atomic E-state index is 12.3. The van der Waals surface area contributed by atoms with Gasteiger partial charge < -0.3 is 10.4 Å². The first-order valence-corrected chi connectivity index (χ1v) is 8.53. The van der Waals surface area contributed by atoms with Crippen molar-refractivity contribution in [3.05, 3.63) is 62.7 Å². The summed E-state index contributed by atoms with van der Waals surface area (Å²) in [4.78, 5) is 24.8. The summed E-state index contributed by atoms with van der Waals surface area (Å²) < 4.78 is 0.835. The molecule has 3 heterocycles. The molecule has 1 aliphatic rings. The highest BCUT2D eigenvalue weighted by Gasteiger charge is 2.24. The lowest BCUT2D eigenvalue weighted by atomic mass is 10.1. The fourth-order valence-electron chi connectivity index (χ4n) is 2.39. The number of aromatic hydroxyl groups is 1. The molecule has 0 saturated carbocycles. The monoisotopic (exact) mass is 400 g/mol. The molecule has 1 aliphatic heterocycles. The fraction of sp³-hybridized carbons (Fsp3) is 0. The molecular weight excluding hydrogens is 392 g/mol. The Morgan fingerprint density at radius 2 is 2.12 bits per heavy atom. The van der Waals surface area contributed by atoms with Gasteiger partial charge in [0.1, 0.15) is 4.88 Å². The SMILES string of the molecule is O=C1N=c2ccc(Br)cc2=C1c1sc(Nc2cccnc2)nc1O. The van der Waals surface area contributed by atoms with E-state index in [4.69, 9.17) is 0 Å². The summed E-state index contributed by atoms with van der Waals surface area (Å²) in [5.74, 6) is -0.576. The summed E-state index contributed by atoms with van der Waals surface area (Å²) in [6.45, 7) is 0. The van der Waals surface area contributed by atoms with Crippen molar-refractivity contribution in [2.45, 2.75) is 0 Å². The molecule has 0 radical (unpaired) electrons. The molecule has 0 aliphatic carbocycles. The van der Waals surface area contributed by atoms with Crippen molar-refractivity contribution < 1.29 is 9.90 Å². The molecule has 3 aromatic rings. The highest BCUT2D eigenvalue weighted by Crippen LogP contribution is 2.35. The number of thiazole rings is 1. The van der Waals surface area contributed by atoms with Crippen LogP contribution in [0.5, 0.6) is 5.88 Å². The molecule has 1 aromatic carbocycles. The predicted molar refractivity (Wildman–Crippen MR) is 93.7 cm³/mol. The van der Waals surface area contributed by atoms with E-state index in [1.165, 1.54) is 11.3 Å². The molecule has 2 N–H and O–H groups in total. The number of carbonyl (C=O) groups excluding carboxylic acids is 1. The molecule has 118 valence electrons. The molecule has 0 atom stereocenters. The lowest BCUT2D eigenvalue weighted by Gasteiger charge is -1.99. The second kappa shape index (κ2) is 5.81. The van der Waals surface area contributed by atoms with Crippen LogP contribution in [0.3, 0.4) is 0 Å². The number of nitrogens with one attached hydrogen (secondary N) is 1. The van der Waals surface area contributed by atoms with Crippen molar-refractivity contribution in [2.75, 3.05) is 5.32 Å². The second-order valence-electron chi connectivity index (χ2n) is 4.99. The van der Waals surface area contributed by atoms with Gasteiger partial charge in [0.15, 0.2) is 5.13 Å². The molecule has 0 bridgehead atoms. The number of pyridine rings is 1. The number of halogens is 1. The van der Waals surface area contributed by atoms with Crippen LogP contribution < -0.4 is 15.9 Å². The van der Waals surface area contributed by atoms with Gasteiger partial charge in [-0.25, -0.2) is 4.99 Å². The number of anilines is 2. The number of benzene rings is 1. The topological polar surface area (TPSA) is 87.5 Å². The van der Waals surface area contributed by atoms with Crippen LogP contribution in [-0.4, -0.2) is 21.0 Å². The Bertz CT molecular complexity index is 1080. The molecule has 0 unspecified atom stereocenters. The van der Waals surface area contributed by atoms with Gasteiger partial charge in [0.2, 0.25) is 5.88 Å². The van der Waals surface area contributed by atoms with Gasteiger partial charge in [-0.05, 0) is 30.3 Å². The minimum absolute atomic E-state index is 0.197. The van der Waals surface area contributed by atoms with Gasteiger partial charge in [0.05, 0.1) is 22.8 Å². The summed E-state index contributed by atoms with van der Waals surface area (Å²) in [5.41, 5.74) is 1.11. The molecule has 4 rings (SSSR count). The number of nitrogens with zero attached hydrogens (tertiary/aromatic N) is 3. The van der Waals surface area contributed by atoms with Gasteiger partial charge in [0.25, 0.3) is 5.91 Å². The van der Waals surface area contributed by atoms with E-state index < -0.39 is 0 Å². The molecule has 1 amide bonds. The van der Waals surface area contributed by atoms with E-state index >= 15 is 0 Å². The number of carbonyl (C=O) groups is 1. The van der Waals surface area contributed by atoms with Gasteiger partial charge in [-0.2, -0.15) is 4.98 Å². The minimum Gasteiger partial charge on any atom is -0.492 e. The Balaban J connectivity index is 1.82. The Labute approximate surface area is 148 Å². The first kappa shape index (κ1) is 15.0. The van der Waals surface area contributed by atoms with Crippen LogP contribution in [-0.2, 0) is 4.79 Å². The zero-order chi connectivity index (χ0) is 16.7. The van der Waals surface area contributed by atoms with E-state index in [2.05, 4.69) is 36.2 Å². The number of fused-ring (bicyclic) bond motifs is 1. The van der Waals surface area contributed by atoms with Crippen LogP contribution in [0.25, 0.3) is 5.57 Å². The normalized spacial score (nSPS) is 12.9. The van der Waals surface area contributed by atoms with Crippen molar-refractivity contribution in [2.24, 2.45) is 4.99 Å². The Kier molecular flexibility index (Phi) is 3.62. The van der Waals surface area contributed by atoms with Gasteiger partial charge in [-0.3, -0.25) is 9.78 Å². The molecule has 8 heteroatoms. The van der Waals surface area contributed by atoms with Gasteiger partial charge in [0, 0.05) is 15.9 Å². The summed E-state index contributed by atoms with van der Waals surface area (Å²) >= 11 is 4.58. The van der Waals surface area contributed by atoms with Crippen molar-refractivity contribution in [3.63, 3.8) is 0 Å². The molecule has 0 spiro atoms. The lowest BCUT2D eigenvalue weighted by molar-refractivity contribution is -0.112. The highest BCUT2D eigenvalue weighted by atomic mass is 79.9. The van der Waals surface area contributed by atoms with E-state index in [-0.39, 0.29) is 11.8 Å². The van der Waals surface area contributed by atoms with Crippen molar-refractivity contribution in [1.29, 1.82) is 0 Å². The van der Waals surface area contributed by atoms with Gasteiger partial charge >= 0.3 is 0 Å². The lowest BCUT2D eigenvalue weighted by Crippen LogP contribution is -2.22. The Morgan fingerprint density at radius 1 is 1.25 bits per heavy atom. The number of hydrogen-bond donors (Lipinski definition) is 2. The third kappa shape index (κ3) is 2.59. The van der Waals surface area contributed by atoms with Crippen molar-refractivity contribution >= 4 is 49.6 Å². The first-order chi connectivity index (χ1) is 11.6. The Hall–Kier alpha value is -2.58. The maximum absolute atomic E-state index is 12.3. The fourth-order valence-corrected chi connectivity index (χ4v) is 3.69. The van der Waals surface area contributed by atoms with E-state index in [1.807, 2.05) is 18.2 Å². The second-order valence-corrected chi connectivity index (χ2v) is 6.91. The van der Waals surface area contributed by atoms with Crippen LogP contribution in [0.2, 0.25) is 0 Å². The number of rotatable bonds is 3. The van der Waals surface area contributed by atoms with Crippen LogP contribution in [0.15, 0.2) is 52.2 Å². The zero-order valence-corrected chi connectivity index (χ0v) is 14.4. The summed E-state index contributed by atoms with van der Waals surface area (Å²) in [6.07, 6.45) is 3.31. The molecule has 24 heavy (non-hydrogen) atoms. The largest absolute Gasteiger partial charge is 0.492 e. The van der Waals surface area contributed by atoms with Gasteiger partial charge in [-0.15, -0.1) is 0 Å². The van der Waals surface area contributed by atoms with Crippen molar-refractivity contribution in [1.82, 2.24) is 9.97 Å². The quantitative estimate of drug-likeness (QED) is 0.702. The average Bonchev–Trinajstić information content (AvgIpc) is 3.07. The molecular formula is C16H9BrN4O2S. The minimum atomic E-state index is -0.380. The summed E-state index contributed by atoms with van der Waals surface area (Å²) in [5, 5.41) is 15.0. The van der Waals surface area contributed by atoms with Crippen LogP contribution >= 0.6 is 27.3 Å². The molecule has 2 aromatic heterocycles. The van der Waals surface area contributed by atoms with Crippen molar-refractivity contribution in [3.8, 4) is 5.88 Å².